The minimum Gasteiger partial charge on any atom is -0.344 e. The number of carbonyl (C=O) groups excluding carboxylic acids is 1. The quantitative estimate of drug-likeness (QED) is 0.728. The van der Waals surface area contributed by atoms with E-state index in [0.717, 1.165) is 25.8 Å². The average Bonchev–Trinajstić information content (AvgIpc) is 1.95. The topological polar surface area (TPSA) is 46.3 Å². The molecule has 0 saturated heterocycles. The monoisotopic (exact) mass is 198 g/mol. The summed E-state index contributed by atoms with van der Waals surface area (Å²) in [7, 11) is 1.85. The molecule has 1 fully saturated rings. The van der Waals surface area contributed by atoms with Gasteiger partial charge < -0.3 is 10.6 Å². The van der Waals surface area contributed by atoms with Crippen LogP contribution in [0.4, 0.5) is 0 Å². The number of nitrogens with zero attached hydrogens (tertiary/aromatic N) is 1. The molecule has 82 valence electrons. The van der Waals surface area contributed by atoms with E-state index in [1.807, 2.05) is 7.05 Å². The van der Waals surface area contributed by atoms with Gasteiger partial charge in [-0.05, 0) is 24.7 Å². The largest absolute Gasteiger partial charge is 0.344 e. The maximum Gasteiger partial charge on any atom is 0.242 e. The molecular weight excluding hydrogens is 176 g/mol. The van der Waals surface area contributed by atoms with Crippen LogP contribution in [0.15, 0.2) is 0 Å². The zero-order valence-electron chi connectivity index (χ0n) is 9.76. The van der Waals surface area contributed by atoms with E-state index in [4.69, 9.17) is 5.73 Å². The van der Waals surface area contributed by atoms with Gasteiger partial charge in [0.05, 0.1) is 5.54 Å². The molecule has 14 heavy (non-hydrogen) atoms. The smallest absolute Gasteiger partial charge is 0.242 e. The molecular formula is C11H22N2O. The van der Waals surface area contributed by atoms with Crippen molar-refractivity contribution < 1.29 is 4.79 Å². The van der Waals surface area contributed by atoms with Gasteiger partial charge in [0.2, 0.25) is 5.91 Å². The van der Waals surface area contributed by atoms with Crippen LogP contribution >= 0.6 is 0 Å². The van der Waals surface area contributed by atoms with Gasteiger partial charge in [0.25, 0.3) is 0 Å². The molecule has 2 N–H and O–H groups in total. The van der Waals surface area contributed by atoms with Crippen LogP contribution in [0.5, 0.6) is 0 Å². The first-order valence-corrected chi connectivity index (χ1v) is 5.29. The maximum absolute atomic E-state index is 11.9. The number of carbonyl (C=O) groups is 1. The summed E-state index contributed by atoms with van der Waals surface area (Å²) >= 11 is 0. The van der Waals surface area contributed by atoms with E-state index in [9.17, 15) is 4.79 Å². The fourth-order valence-corrected chi connectivity index (χ4v) is 1.93. The third-order valence-corrected chi connectivity index (χ3v) is 2.73. The van der Waals surface area contributed by atoms with Crippen molar-refractivity contribution in [1.82, 2.24) is 4.90 Å². The van der Waals surface area contributed by atoms with Crippen LogP contribution in [0.25, 0.3) is 0 Å². The molecule has 0 heterocycles. The molecule has 0 atom stereocenters. The Bertz CT molecular complexity index is 226. The number of hydrogen-bond acceptors (Lipinski definition) is 2. The molecule has 1 saturated carbocycles. The first-order valence-electron chi connectivity index (χ1n) is 5.29. The van der Waals surface area contributed by atoms with Crippen LogP contribution < -0.4 is 5.73 Å². The van der Waals surface area contributed by atoms with E-state index in [-0.39, 0.29) is 11.3 Å². The highest BCUT2D eigenvalue weighted by Gasteiger charge is 2.42. The van der Waals surface area contributed by atoms with Gasteiger partial charge in [0, 0.05) is 13.6 Å². The van der Waals surface area contributed by atoms with Crippen LogP contribution in [0.3, 0.4) is 0 Å². The second-order valence-corrected chi connectivity index (χ2v) is 5.73. The van der Waals surface area contributed by atoms with Crippen molar-refractivity contribution in [3.8, 4) is 0 Å². The Balaban J connectivity index is 2.52. The highest BCUT2D eigenvalue weighted by atomic mass is 16.2. The first-order chi connectivity index (χ1) is 6.25. The van der Waals surface area contributed by atoms with Gasteiger partial charge in [0.1, 0.15) is 0 Å². The van der Waals surface area contributed by atoms with Gasteiger partial charge in [-0.3, -0.25) is 4.79 Å². The SMILES string of the molecule is CN(CC(C)(C)C)C(=O)C1(N)CCC1. The molecule has 1 aliphatic rings. The van der Waals surface area contributed by atoms with E-state index < -0.39 is 5.54 Å². The normalized spacial score (nSPS) is 20.1. The molecule has 0 bridgehead atoms. The second-order valence-electron chi connectivity index (χ2n) is 5.73. The number of amides is 1. The van der Waals surface area contributed by atoms with Crippen LogP contribution in [-0.4, -0.2) is 29.9 Å². The lowest BCUT2D eigenvalue weighted by atomic mass is 9.76. The van der Waals surface area contributed by atoms with Gasteiger partial charge in [-0.1, -0.05) is 20.8 Å². The Hall–Kier alpha value is -0.570. The van der Waals surface area contributed by atoms with Crippen LogP contribution in [0, 0.1) is 5.41 Å². The lowest BCUT2D eigenvalue weighted by molar-refractivity contribution is -0.139. The summed E-state index contributed by atoms with van der Waals surface area (Å²) in [4.78, 5) is 13.7. The number of nitrogens with two attached hydrogens (primary N) is 1. The van der Waals surface area contributed by atoms with Crippen LogP contribution in [-0.2, 0) is 4.79 Å². The molecule has 0 aromatic rings. The summed E-state index contributed by atoms with van der Waals surface area (Å²) in [5.41, 5.74) is 5.58. The van der Waals surface area contributed by atoms with Crippen LogP contribution in [0.1, 0.15) is 40.0 Å². The van der Waals surface area contributed by atoms with Crippen molar-refractivity contribution in [1.29, 1.82) is 0 Å². The van der Waals surface area contributed by atoms with Gasteiger partial charge >= 0.3 is 0 Å². The molecule has 1 rings (SSSR count). The van der Waals surface area contributed by atoms with Crippen LogP contribution in [0.2, 0.25) is 0 Å². The summed E-state index contributed by atoms with van der Waals surface area (Å²) in [6, 6.07) is 0. The summed E-state index contributed by atoms with van der Waals surface area (Å²) in [6.07, 6.45) is 2.78. The number of likely N-dealkylation sites (N-methyl/N-ethyl adjacent to an activating group) is 1. The number of hydrogen-bond donors (Lipinski definition) is 1. The highest BCUT2D eigenvalue weighted by molar-refractivity contribution is 5.86. The van der Waals surface area contributed by atoms with Crippen molar-refractivity contribution in [3.63, 3.8) is 0 Å². The number of rotatable bonds is 2. The van der Waals surface area contributed by atoms with E-state index in [1.165, 1.54) is 0 Å². The highest BCUT2D eigenvalue weighted by Crippen LogP contribution is 2.31. The fraction of sp³-hybridized carbons (Fsp3) is 0.909. The molecule has 0 spiro atoms. The van der Waals surface area contributed by atoms with Gasteiger partial charge in [-0.15, -0.1) is 0 Å². The van der Waals surface area contributed by atoms with Crippen molar-refractivity contribution in [2.45, 2.75) is 45.6 Å². The molecule has 0 unspecified atom stereocenters. The molecule has 3 heteroatoms. The molecule has 1 amide bonds. The van der Waals surface area contributed by atoms with E-state index in [2.05, 4.69) is 20.8 Å². The van der Waals surface area contributed by atoms with Gasteiger partial charge in [-0.25, -0.2) is 0 Å². The summed E-state index contributed by atoms with van der Waals surface area (Å²) in [5.74, 6) is 0.110. The molecule has 0 aliphatic heterocycles. The average molecular weight is 198 g/mol. The van der Waals surface area contributed by atoms with Crippen molar-refractivity contribution in [2.75, 3.05) is 13.6 Å². The van der Waals surface area contributed by atoms with E-state index in [1.54, 1.807) is 4.90 Å². The molecule has 3 nitrogen and oxygen atoms in total. The minimum atomic E-state index is -0.542. The summed E-state index contributed by atoms with van der Waals surface area (Å²) in [5, 5.41) is 0. The predicted molar refractivity (Wildman–Crippen MR) is 57.9 cm³/mol. The van der Waals surface area contributed by atoms with E-state index in [0.29, 0.717) is 0 Å². The Labute approximate surface area is 86.6 Å². The standard InChI is InChI=1S/C11H22N2O/c1-10(2,3)8-13(4)9(14)11(12)6-5-7-11/h5-8,12H2,1-4H3. The minimum absolute atomic E-state index is 0.110. The Kier molecular flexibility index (Phi) is 2.91. The fourth-order valence-electron chi connectivity index (χ4n) is 1.93. The Morgan fingerprint density at radius 3 is 2.21 bits per heavy atom. The molecule has 0 aromatic heterocycles. The van der Waals surface area contributed by atoms with Crippen molar-refractivity contribution in [2.24, 2.45) is 11.1 Å². The van der Waals surface area contributed by atoms with Crippen molar-refractivity contribution >= 4 is 5.91 Å². The lowest BCUT2D eigenvalue weighted by Crippen LogP contribution is -2.59. The van der Waals surface area contributed by atoms with Gasteiger partial charge in [-0.2, -0.15) is 0 Å². The Morgan fingerprint density at radius 2 is 1.93 bits per heavy atom. The first kappa shape index (κ1) is 11.5. The third-order valence-electron chi connectivity index (χ3n) is 2.73. The second kappa shape index (κ2) is 3.54. The maximum atomic E-state index is 11.9. The molecule has 0 aromatic carbocycles. The third kappa shape index (κ3) is 2.47. The summed E-state index contributed by atoms with van der Waals surface area (Å²) < 4.78 is 0. The van der Waals surface area contributed by atoms with Crippen molar-refractivity contribution in [3.05, 3.63) is 0 Å². The zero-order valence-corrected chi connectivity index (χ0v) is 9.76. The van der Waals surface area contributed by atoms with E-state index >= 15 is 0 Å². The predicted octanol–water partition coefficient (Wildman–Crippen LogP) is 1.37. The Morgan fingerprint density at radius 1 is 1.43 bits per heavy atom. The van der Waals surface area contributed by atoms with Gasteiger partial charge in [0.15, 0.2) is 0 Å². The summed E-state index contributed by atoms with van der Waals surface area (Å²) in [6.45, 7) is 7.15. The molecule has 1 aliphatic carbocycles. The zero-order chi connectivity index (χ0) is 11.0. The molecule has 0 radical (unpaired) electrons. The lowest BCUT2D eigenvalue weighted by Gasteiger charge is -2.40.